The van der Waals surface area contributed by atoms with Crippen molar-refractivity contribution < 1.29 is 110 Å². The largest absolute Gasteiger partial charge is 0.478 e. The minimum atomic E-state index is -3.74. The molecule has 0 bridgehead atoms. The molecule has 3 rings (SSSR count). The van der Waals surface area contributed by atoms with Crippen LogP contribution < -0.4 is 15.4 Å². The minimum absolute atomic E-state index is 0. The summed E-state index contributed by atoms with van der Waals surface area (Å²) in [5, 5.41) is 39.9. The Morgan fingerprint density at radius 3 is 0.636 bits per heavy atom. The Morgan fingerprint density at radius 1 is 0.409 bits per heavy atom. The first-order valence-corrected chi connectivity index (χ1v) is 14.5. The summed E-state index contributed by atoms with van der Waals surface area (Å²) in [6.07, 6.45) is 0. The van der Waals surface area contributed by atoms with Crippen molar-refractivity contribution in [3.05, 3.63) is 89.5 Å². The number of sulfonamides is 3. The first-order chi connectivity index (χ1) is 17.7. The molecule has 1 radical (unpaired) electrons. The number of primary sulfonamides is 3. The van der Waals surface area contributed by atoms with Gasteiger partial charge in [-0.15, -0.1) is 0 Å². The molecule has 3 aromatic rings. The fourth-order valence-corrected chi connectivity index (χ4v) is 3.91. The van der Waals surface area contributed by atoms with E-state index in [2.05, 4.69) is 0 Å². The first-order valence-electron chi connectivity index (χ1n) is 9.82. The van der Waals surface area contributed by atoms with E-state index < -0.39 is 48.0 Å². The van der Waals surface area contributed by atoms with Gasteiger partial charge in [-0.2, -0.15) is 0 Å². The molecule has 0 spiro atoms. The second kappa shape index (κ2) is 20.7. The molecule has 0 aromatic heterocycles. The molecule has 0 amide bonds. The average Bonchev–Trinajstić information content (AvgIpc) is 2.83. The number of aromatic carboxylic acids is 3. The van der Waals surface area contributed by atoms with Crippen molar-refractivity contribution in [2.24, 2.45) is 15.4 Å². The molecule has 0 saturated carbocycles. The van der Waals surface area contributed by atoms with E-state index in [9.17, 15) is 39.6 Å². The van der Waals surface area contributed by atoms with Crippen LogP contribution in [-0.4, -0.2) is 80.4 Å². The molecule has 0 aliphatic heterocycles. The van der Waals surface area contributed by atoms with E-state index in [-0.39, 0.29) is 86.0 Å². The topological polar surface area (TPSA) is 418 Å². The van der Waals surface area contributed by atoms with Crippen LogP contribution in [-0.2, 0) is 62.8 Å². The predicted octanol–water partition coefficient (Wildman–Crippen LogP) is -3.20. The zero-order valence-electron chi connectivity index (χ0n) is 22.0. The number of benzene rings is 3. The van der Waals surface area contributed by atoms with E-state index in [1.54, 1.807) is 0 Å². The number of nitrogens with two attached hydrogens (primary N) is 3. The summed E-state index contributed by atoms with van der Waals surface area (Å²) in [6.45, 7) is 0. The van der Waals surface area contributed by atoms with Gasteiger partial charge in [-0.1, -0.05) is 0 Å². The van der Waals surface area contributed by atoms with Crippen molar-refractivity contribution in [2.75, 3.05) is 0 Å². The van der Waals surface area contributed by atoms with Crippen LogP contribution in [0.3, 0.4) is 0 Å². The molecule has 0 fully saturated rings. The number of hydrogen-bond donors (Lipinski definition) is 6. The quantitative estimate of drug-likeness (QED) is 0.145. The zero-order chi connectivity index (χ0) is 30.2. The molecule has 0 saturated heterocycles. The Morgan fingerprint density at radius 2 is 0.545 bits per heavy atom. The second-order valence-corrected chi connectivity index (χ2v) is 11.8. The van der Waals surface area contributed by atoms with Crippen LogP contribution in [0.25, 0.3) is 0 Å². The van der Waals surface area contributed by atoms with Crippen LogP contribution in [0.2, 0.25) is 0 Å². The first kappa shape index (κ1) is 50.4. The summed E-state index contributed by atoms with van der Waals surface area (Å²) < 4.78 is 64.5. The van der Waals surface area contributed by atoms with E-state index in [1.807, 2.05) is 0 Å². The molecule has 0 aliphatic rings. The minimum Gasteiger partial charge on any atom is -0.478 e. The van der Waals surface area contributed by atoms with E-state index >= 15 is 0 Å². The third kappa shape index (κ3) is 17.1. The molecule has 3 aromatic carbocycles. The smallest absolute Gasteiger partial charge is 0.335 e. The maximum atomic E-state index is 10.7. The fourth-order valence-electron chi connectivity index (χ4n) is 2.36. The van der Waals surface area contributed by atoms with Crippen molar-refractivity contribution in [1.82, 2.24) is 0 Å². The summed E-state index contributed by atoms with van der Waals surface area (Å²) in [7, 11) is -11.2. The Bertz CT molecular complexity index is 1480. The Kier molecular flexibility index (Phi) is 23.6. The summed E-state index contributed by atoms with van der Waals surface area (Å²) in [5.74, 6) is -3.33. The van der Waals surface area contributed by atoms with Gasteiger partial charge in [-0.05, 0) is 72.8 Å². The number of hydrogen-bond acceptors (Lipinski definition) is 9. The second-order valence-electron chi connectivity index (χ2n) is 7.12. The summed E-state index contributed by atoms with van der Waals surface area (Å²) in [6, 6.07) is 14.0. The molecule has 19 nitrogen and oxygen atoms in total. The summed E-state index contributed by atoms with van der Waals surface area (Å²) in [5.41, 5.74) is 0.0622. The number of carbonyl (C=O) groups is 3. The van der Waals surface area contributed by atoms with Crippen LogP contribution in [0.5, 0.6) is 0 Å². The molecule has 0 atom stereocenters. The van der Waals surface area contributed by atoms with Gasteiger partial charge in [-0.25, -0.2) is 55.1 Å². The van der Waals surface area contributed by atoms with Crippen LogP contribution in [0.1, 0.15) is 31.1 Å². The van der Waals surface area contributed by atoms with Crippen LogP contribution in [0, 0.1) is 0 Å². The molecule has 23 heteroatoms. The van der Waals surface area contributed by atoms with E-state index in [4.69, 9.17) is 30.7 Å². The predicted molar refractivity (Wildman–Crippen MR) is 149 cm³/mol. The average molecular weight is 765 g/mol. The molecule has 44 heavy (non-hydrogen) atoms. The monoisotopic (exact) mass is 764 g/mol. The maximum Gasteiger partial charge on any atom is 0.335 e. The van der Waals surface area contributed by atoms with Gasteiger partial charge < -0.3 is 37.2 Å². The summed E-state index contributed by atoms with van der Waals surface area (Å²) >= 11 is 0. The van der Waals surface area contributed by atoms with E-state index in [1.165, 1.54) is 36.4 Å². The van der Waals surface area contributed by atoms with Gasteiger partial charge in [0.05, 0.1) is 31.4 Å². The molecule has 0 unspecified atom stereocenters. The Hall–Kier alpha value is -3.26. The normalized spacial score (nSPS) is 9.89. The standard InChI is InChI=1S/3C7H7NO4S.4H2O.Y/c3*8-13(11,12)6-3-1-5(2-4-6)7(9)10;;;;;/h3*1-4H,(H,9,10)(H2,8,11,12);4*1H2;. The van der Waals surface area contributed by atoms with Gasteiger partial charge in [0.15, 0.2) is 0 Å². The third-order valence-electron chi connectivity index (χ3n) is 4.29. The van der Waals surface area contributed by atoms with Crippen LogP contribution in [0.4, 0.5) is 0 Å². The van der Waals surface area contributed by atoms with Gasteiger partial charge in [0.1, 0.15) is 0 Å². The molecular weight excluding hydrogens is 735 g/mol. The Labute approximate surface area is 275 Å². The fraction of sp³-hybridized carbons (Fsp3) is 0. The van der Waals surface area contributed by atoms with Crippen molar-refractivity contribution in [3.8, 4) is 0 Å². The Balaban J connectivity index is -0.000000164. The number of rotatable bonds is 6. The zero-order valence-corrected chi connectivity index (χ0v) is 27.3. The van der Waals surface area contributed by atoms with Crippen molar-refractivity contribution in [2.45, 2.75) is 14.7 Å². The molecule has 245 valence electrons. The molecule has 17 N–H and O–H groups in total. The van der Waals surface area contributed by atoms with Gasteiger partial charge in [0.25, 0.3) is 0 Å². The third-order valence-corrected chi connectivity index (χ3v) is 7.08. The van der Waals surface area contributed by atoms with Gasteiger partial charge >= 0.3 is 17.9 Å². The molecule has 0 heterocycles. The van der Waals surface area contributed by atoms with Crippen molar-refractivity contribution in [3.63, 3.8) is 0 Å². The molecule has 0 aliphatic carbocycles. The molecular formula is C21H29N3O16S3Y. The number of carboxylic acids is 3. The van der Waals surface area contributed by atoms with Crippen molar-refractivity contribution >= 4 is 48.0 Å². The van der Waals surface area contributed by atoms with Gasteiger partial charge in [0, 0.05) is 32.7 Å². The van der Waals surface area contributed by atoms with E-state index in [0.29, 0.717) is 0 Å². The summed E-state index contributed by atoms with van der Waals surface area (Å²) in [4.78, 5) is 30.8. The van der Waals surface area contributed by atoms with Crippen LogP contribution >= 0.6 is 0 Å². The SMILES string of the molecule is NS(=O)(=O)c1ccc(C(=O)O)cc1.NS(=O)(=O)c1ccc(C(=O)O)cc1.NS(=O)(=O)c1ccc(C(=O)O)cc1.O.O.O.O.[Y]. The number of carboxylic acid groups (broad SMARTS) is 3. The van der Waals surface area contributed by atoms with Gasteiger partial charge in [0.2, 0.25) is 30.1 Å². The van der Waals surface area contributed by atoms with Crippen molar-refractivity contribution in [1.29, 1.82) is 0 Å². The van der Waals surface area contributed by atoms with Gasteiger partial charge in [-0.3, -0.25) is 0 Å². The van der Waals surface area contributed by atoms with E-state index in [0.717, 1.165) is 36.4 Å². The maximum absolute atomic E-state index is 10.7. The van der Waals surface area contributed by atoms with Crippen LogP contribution in [0.15, 0.2) is 87.5 Å².